The highest BCUT2D eigenvalue weighted by atomic mass is 16.5. The third kappa shape index (κ3) is 6.06. The molecule has 1 N–H and O–H groups in total. The molecule has 0 aliphatic rings. The maximum Gasteiger partial charge on any atom is 0.257 e. The number of nitrogens with one attached hydrogen (secondary N) is 1. The Labute approximate surface area is 183 Å². The van der Waals surface area contributed by atoms with Gasteiger partial charge in [0.1, 0.15) is 5.75 Å². The number of ether oxygens (including phenoxy) is 3. The highest BCUT2D eigenvalue weighted by molar-refractivity contribution is 6.05. The summed E-state index contributed by atoms with van der Waals surface area (Å²) in [5, 5.41) is 2.92. The zero-order chi connectivity index (χ0) is 22.2. The molecule has 0 saturated heterocycles. The third-order valence-electron chi connectivity index (χ3n) is 4.72. The van der Waals surface area contributed by atoms with E-state index in [0.717, 1.165) is 5.69 Å². The smallest absolute Gasteiger partial charge is 0.257 e. The van der Waals surface area contributed by atoms with Crippen LogP contribution < -0.4 is 14.8 Å². The minimum atomic E-state index is -0.219. The predicted molar refractivity (Wildman–Crippen MR) is 121 cm³/mol. The van der Waals surface area contributed by atoms with E-state index in [9.17, 15) is 4.79 Å². The van der Waals surface area contributed by atoms with Crippen LogP contribution in [0.3, 0.4) is 0 Å². The molecule has 0 aliphatic carbocycles. The van der Waals surface area contributed by atoms with Crippen LogP contribution in [0.5, 0.6) is 17.2 Å². The number of para-hydroxylation sites is 2. The molecule has 31 heavy (non-hydrogen) atoms. The van der Waals surface area contributed by atoms with Gasteiger partial charge in [0.15, 0.2) is 11.5 Å². The summed E-state index contributed by atoms with van der Waals surface area (Å²) < 4.78 is 16.8. The first-order chi connectivity index (χ1) is 15.0. The second-order valence-electron chi connectivity index (χ2n) is 7.14. The van der Waals surface area contributed by atoms with Gasteiger partial charge in [-0.25, -0.2) is 0 Å². The number of aryl methyl sites for hydroxylation is 1. The molecule has 1 atom stereocenters. The van der Waals surface area contributed by atoms with Crippen molar-refractivity contribution >= 4 is 11.6 Å². The number of carbonyl (C=O) groups is 1. The Hall–Kier alpha value is -3.38. The van der Waals surface area contributed by atoms with Gasteiger partial charge < -0.3 is 19.5 Å². The molecule has 162 valence electrons. The van der Waals surface area contributed by atoms with Crippen LogP contribution in [0, 0.1) is 6.92 Å². The Balaban J connectivity index is 1.70. The van der Waals surface area contributed by atoms with Gasteiger partial charge in [0, 0.05) is 30.5 Å². The fraction of sp³-hybridized carbons (Fsp3) is 0.280. The van der Waals surface area contributed by atoms with E-state index >= 15 is 0 Å². The van der Waals surface area contributed by atoms with E-state index in [2.05, 4.69) is 10.3 Å². The molecule has 3 aromatic rings. The number of carbonyl (C=O) groups excluding carboxylic acids is 1. The van der Waals surface area contributed by atoms with Crippen molar-refractivity contribution in [1.82, 2.24) is 4.98 Å². The summed E-state index contributed by atoms with van der Waals surface area (Å²) in [5.41, 5.74) is 2.75. The average Bonchev–Trinajstić information content (AvgIpc) is 2.74. The molecule has 0 saturated carbocycles. The molecular weight excluding hydrogens is 392 g/mol. The van der Waals surface area contributed by atoms with Gasteiger partial charge in [0.2, 0.25) is 0 Å². The molecule has 6 nitrogen and oxygen atoms in total. The van der Waals surface area contributed by atoms with Crippen molar-refractivity contribution in [2.75, 3.05) is 19.0 Å². The first-order valence-electron chi connectivity index (χ1n) is 10.3. The first-order valence-corrected chi connectivity index (χ1v) is 10.3. The van der Waals surface area contributed by atoms with Gasteiger partial charge in [-0.3, -0.25) is 9.78 Å². The second kappa shape index (κ2) is 10.6. The van der Waals surface area contributed by atoms with Crippen molar-refractivity contribution in [2.45, 2.75) is 33.3 Å². The van der Waals surface area contributed by atoms with Crippen LogP contribution in [-0.2, 0) is 11.2 Å². The topological polar surface area (TPSA) is 69.7 Å². The van der Waals surface area contributed by atoms with Crippen molar-refractivity contribution in [3.05, 3.63) is 77.6 Å². The van der Waals surface area contributed by atoms with Crippen LogP contribution in [-0.4, -0.2) is 30.7 Å². The van der Waals surface area contributed by atoms with E-state index in [1.54, 1.807) is 19.2 Å². The number of methoxy groups -OCH3 is 1. The maximum absolute atomic E-state index is 12.8. The lowest BCUT2D eigenvalue weighted by atomic mass is 10.1. The number of aromatic nitrogens is 1. The number of hydrogen-bond donors (Lipinski definition) is 1. The standard InChI is InChI=1S/C25H28N2O4/c1-5-30-17(2)15-20-13-14-22(18(3)26-20)25(28)27-19-9-8-10-21(16-19)31-24-12-7-6-11-23(24)29-4/h6-14,16-17H,5,15H2,1-4H3,(H,27,28). The van der Waals surface area contributed by atoms with E-state index in [-0.39, 0.29) is 12.0 Å². The van der Waals surface area contributed by atoms with Gasteiger partial charge in [-0.15, -0.1) is 0 Å². The Morgan fingerprint density at radius 3 is 2.55 bits per heavy atom. The van der Waals surface area contributed by atoms with Crippen LogP contribution in [0.4, 0.5) is 5.69 Å². The molecule has 0 aliphatic heterocycles. The van der Waals surface area contributed by atoms with Crippen LogP contribution in [0.1, 0.15) is 35.6 Å². The fourth-order valence-corrected chi connectivity index (χ4v) is 3.27. The molecule has 0 fully saturated rings. The highest BCUT2D eigenvalue weighted by Gasteiger charge is 2.13. The lowest BCUT2D eigenvalue weighted by Gasteiger charge is -2.13. The van der Waals surface area contributed by atoms with E-state index in [1.807, 2.05) is 69.3 Å². The molecule has 6 heteroatoms. The number of amides is 1. The summed E-state index contributed by atoms with van der Waals surface area (Å²) in [6, 6.07) is 18.3. The molecule has 0 spiro atoms. The molecule has 1 heterocycles. The van der Waals surface area contributed by atoms with E-state index in [0.29, 0.717) is 47.2 Å². The van der Waals surface area contributed by atoms with Gasteiger partial charge >= 0.3 is 0 Å². The average molecular weight is 421 g/mol. The maximum atomic E-state index is 12.8. The number of anilines is 1. The molecule has 0 bridgehead atoms. The SMILES string of the molecule is CCOC(C)Cc1ccc(C(=O)Nc2cccc(Oc3ccccc3OC)c2)c(C)n1. The third-order valence-corrected chi connectivity index (χ3v) is 4.72. The summed E-state index contributed by atoms with van der Waals surface area (Å²) in [5.74, 6) is 1.61. The lowest BCUT2D eigenvalue weighted by molar-refractivity contribution is 0.0761. The highest BCUT2D eigenvalue weighted by Crippen LogP contribution is 2.32. The molecule has 1 aromatic heterocycles. The van der Waals surface area contributed by atoms with Gasteiger partial charge in [0.05, 0.1) is 24.5 Å². The normalized spacial score (nSPS) is 11.6. The predicted octanol–water partition coefficient (Wildman–Crippen LogP) is 5.41. The van der Waals surface area contributed by atoms with Crippen molar-refractivity contribution in [3.8, 4) is 17.2 Å². The molecule has 3 rings (SSSR count). The molecule has 1 unspecified atom stereocenters. The molecule has 1 amide bonds. The monoisotopic (exact) mass is 420 g/mol. The van der Waals surface area contributed by atoms with Gasteiger partial charge in [0.25, 0.3) is 5.91 Å². The van der Waals surface area contributed by atoms with Crippen LogP contribution in [0.15, 0.2) is 60.7 Å². The van der Waals surface area contributed by atoms with Gasteiger partial charge in [-0.05, 0) is 57.2 Å². The summed E-state index contributed by atoms with van der Waals surface area (Å²) in [6.07, 6.45) is 0.793. The van der Waals surface area contributed by atoms with Crippen molar-refractivity contribution in [1.29, 1.82) is 0 Å². The fourth-order valence-electron chi connectivity index (χ4n) is 3.27. The minimum absolute atomic E-state index is 0.0857. The summed E-state index contributed by atoms with van der Waals surface area (Å²) in [7, 11) is 1.60. The van der Waals surface area contributed by atoms with Gasteiger partial charge in [-0.1, -0.05) is 18.2 Å². The summed E-state index contributed by atoms with van der Waals surface area (Å²) >= 11 is 0. The quantitative estimate of drug-likeness (QED) is 0.501. The summed E-state index contributed by atoms with van der Waals surface area (Å²) in [4.78, 5) is 17.4. The zero-order valence-electron chi connectivity index (χ0n) is 18.3. The minimum Gasteiger partial charge on any atom is -0.493 e. The number of hydrogen-bond acceptors (Lipinski definition) is 5. The van der Waals surface area contributed by atoms with Crippen molar-refractivity contribution in [2.24, 2.45) is 0 Å². The molecule has 0 radical (unpaired) electrons. The Bertz CT molecular complexity index is 1040. The van der Waals surface area contributed by atoms with Gasteiger partial charge in [-0.2, -0.15) is 0 Å². The number of pyridine rings is 1. The first kappa shape index (κ1) is 22.3. The molecule has 2 aromatic carbocycles. The Kier molecular flexibility index (Phi) is 7.62. The van der Waals surface area contributed by atoms with E-state index < -0.39 is 0 Å². The number of rotatable bonds is 9. The van der Waals surface area contributed by atoms with Crippen LogP contribution in [0.2, 0.25) is 0 Å². The summed E-state index contributed by atoms with van der Waals surface area (Å²) in [6.45, 7) is 6.49. The Morgan fingerprint density at radius 2 is 1.84 bits per heavy atom. The van der Waals surface area contributed by atoms with Crippen molar-refractivity contribution < 1.29 is 19.0 Å². The number of benzene rings is 2. The van der Waals surface area contributed by atoms with E-state index in [1.165, 1.54) is 0 Å². The lowest BCUT2D eigenvalue weighted by Crippen LogP contribution is -2.16. The van der Waals surface area contributed by atoms with Crippen molar-refractivity contribution in [3.63, 3.8) is 0 Å². The van der Waals surface area contributed by atoms with Crippen LogP contribution in [0.25, 0.3) is 0 Å². The Morgan fingerprint density at radius 1 is 1.06 bits per heavy atom. The van der Waals surface area contributed by atoms with Crippen LogP contribution >= 0.6 is 0 Å². The second-order valence-corrected chi connectivity index (χ2v) is 7.14. The number of nitrogens with zero attached hydrogens (tertiary/aromatic N) is 1. The van der Waals surface area contributed by atoms with E-state index in [4.69, 9.17) is 14.2 Å². The zero-order valence-corrected chi connectivity index (χ0v) is 18.3. The molecular formula is C25H28N2O4. The largest absolute Gasteiger partial charge is 0.493 e.